The number of aromatic amines is 1. The molecule has 0 aliphatic heterocycles. The molecule has 19 heavy (non-hydrogen) atoms. The Labute approximate surface area is 112 Å². The number of pyridine rings is 1. The highest BCUT2D eigenvalue weighted by atomic mass is 32.1. The summed E-state index contributed by atoms with van der Waals surface area (Å²) in [5.74, 6) is 0. The van der Waals surface area contributed by atoms with Crippen molar-refractivity contribution >= 4 is 12.2 Å². The number of rotatable bonds is 1. The molecule has 0 atom stereocenters. The van der Waals surface area contributed by atoms with Crippen LogP contribution in [-0.4, -0.2) is 4.98 Å². The number of nitriles is 1. The first kappa shape index (κ1) is 13.3. The molecule has 96 valence electrons. The second-order valence-corrected chi connectivity index (χ2v) is 4.18. The van der Waals surface area contributed by atoms with Gasteiger partial charge in [-0.15, -0.1) is 0 Å². The van der Waals surface area contributed by atoms with E-state index in [1.54, 1.807) is 30.3 Å². The molecule has 2 rings (SSSR count). The van der Waals surface area contributed by atoms with Crippen LogP contribution < -0.4 is 0 Å². The highest BCUT2D eigenvalue weighted by molar-refractivity contribution is 7.71. The van der Waals surface area contributed by atoms with Crippen molar-refractivity contribution in [1.29, 1.82) is 5.26 Å². The van der Waals surface area contributed by atoms with E-state index in [1.165, 1.54) is 0 Å². The van der Waals surface area contributed by atoms with Crippen molar-refractivity contribution < 1.29 is 13.2 Å². The number of halogens is 3. The van der Waals surface area contributed by atoms with E-state index in [9.17, 15) is 13.2 Å². The molecule has 0 aliphatic rings. The van der Waals surface area contributed by atoms with Crippen LogP contribution >= 0.6 is 12.2 Å². The van der Waals surface area contributed by atoms with Gasteiger partial charge >= 0.3 is 6.18 Å². The Hall–Kier alpha value is -2.13. The van der Waals surface area contributed by atoms with Gasteiger partial charge in [-0.3, -0.25) is 0 Å². The molecule has 0 amide bonds. The standard InChI is InChI=1S/C13H7F3N2S/c14-13(15,16)11-6-9(8-4-2-1-3-5-8)10(7-17)12(19)18-11/h1-6H,(H,18,19). The molecule has 0 fully saturated rings. The monoisotopic (exact) mass is 280 g/mol. The molecule has 6 heteroatoms. The molecule has 0 unspecified atom stereocenters. The Morgan fingerprint density at radius 3 is 2.32 bits per heavy atom. The summed E-state index contributed by atoms with van der Waals surface area (Å²) in [6.45, 7) is 0. The van der Waals surface area contributed by atoms with Crippen molar-refractivity contribution in [3.8, 4) is 17.2 Å². The number of nitrogens with zero attached hydrogens (tertiary/aromatic N) is 1. The Bertz CT molecular complexity index is 697. The smallest absolute Gasteiger partial charge is 0.341 e. The van der Waals surface area contributed by atoms with Gasteiger partial charge in [0.15, 0.2) is 0 Å². The molecule has 1 N–H and O–H groups in total. The third-order valence-electron chi connectivity index (χ3n) is 2.54. The third-order valence-corrected chi connectivity index (χ3v) is 2.84. The third kappa shape index (κ3) is 2.66. The van der Waals surface area contributed by atoms with Crippen LogP contribution in [0.5, 0.6) is 0 Å². The molecule has 0 saturated carbocycles. The summed E-state index contributed by atoms with van der Waals surface area (Å²) >= 11 is 4.82. The number of H-pyrrole nitrogens is 1. The second-order valence-electron chi connectivity index (χ2n) is 3.78. The van der Waals surface area contributed by atoms with Crippen LogP contribution in [0.4, 0.5) is 13.2 Å². The molecule has 2 aromatic rings. The zero-order chi connectivity index (χ0) is 14.0. The van der Waals surface area contributed by atoms with Crippen molar-refractivity contribution in [2.45, 2.75) is 6.18 Å². The van der Waals surface area contributed by atoms with E-state index in [4.69, 9.17) is 17.5 Å². The van der Waals surface area contributed by atoms with E-state index in [-0.39, 0.29) is 15.8 Å². The molecule has 0 bridgehead atoms. The maximum Gasteiger partial charge on any atom is 0.431 e. The lowest BCUT2D eigenvalue weighted by Crippen LogP contribution is -2.09. The van der Waals surface area contributed by atoms with E-state index in [0.717, 1.165) is 6.07 Å². The molecule has 1 aromatic heterocycles. The summed E-state index contributed by atoms with van der Waals surface area (Å²) in [7, 11) is 0. The van der Waals surface area contributed by atoms with Crippen LogP contribution in [0.25, 0.3) is 11.1 Å². The summed E-state index contributed by atoms with van der Waals surface area (Å²) in [5.41, 5.74) is -0.228. The van der Waals surface area contributed by atoms with Gasteiger partial charge in [0.1, 0.15) is 16.4 Å². The van der Waals surface area contributed by atoms with Gasteiger partial charge in [0, 0.05) is 5.56 Å². The van der Waals surface area contributed by atoms with Gasteiger partial charge in [0.05, 0.1) is 5.56 Å². The first-order valence-corrected chi connectivity index (χ1v) is 5.64. The minimum Gasteiger partial charge on any atom is -0.341 e. The largest absolute Gasteiger partial charge is 0.431 e. The number of hydrogen-bond donors (Lipinski definition) is 1. The Morgan fingerprint density at radius 1 is 1.16 bits per heavy atom. The predicted molar refractivity (Wildman–Crippen MR) is 66.8 cm³/mol. The fourth-order valence-corrected chi connectivity index (χ4v) is 1.93. The van der Waals surface area contributed by atoms with Crippen LogP contribution in [0, 0.1) is 16.0 Å². The molecule has 0 aliphatic carbocycles. The van der Waals surface area contributed by atoms with Gasteiger partial charge in [0.2, 0.25) is 0 Å². The normalized spacial score (nSPS) is 11.1. The number of aromatic nitrogens is 1. The van der Waals surface area contributed by atoms with E-state index < -0.39 is 11.9 Å². The zero-order valence-electron chi connectivity index (χ0n) is 9.45. The van der Waals surface area contributed by atoms with Crippen molar-refractivity contribution in [2.24, 2.45) is 0 Å². The first-order chi connectivity index (χ1) is 8.93. The van der Waals surface area contributed by atoms with Gasteiger partial charge in [-0.25, -0.2) is 0 Å². The summed E-state index contributed by atoms with van der Waals surface area (Å²) in [5, 5.41) is 9.04. The highest BCUT2D eigenvalue weighted by Gasteiger charge is 2.32. The summed E-state index contributed by atoms with van der Waals surface area (Å²) < 4.78 is 38.0. The summed E-state index contributed by atoms with van der Waals surface area (Å²) in [4.78, 5) is 2.04. The lowest BCUT2D eigenvalue weighted by atomic mass is 10.0. The topological polar surface area (TPSA) is 39.6 Å². The minimum atomic E-state index is -4.54. The second kappa shape index (κ2) is 4.86. The fourth-order valence-electron chi connectivity index (χ4n) is 1.67. The average molecular weight is 280 g/mol. The van der Waals surface area contributed by atoms with Crippen molar-refractivity contribution in [1.82, 2.24) is 4.98 Å². The Morgan fingerprint density at radius 2 is 1.79 bits per heavy atom. The lowest BCUT2D eigenvalue weighted by molar-refractivity contribution is -0.141. The molecule has 1 heterocycles. The average Bonchev–Trinajstić information content (AvgIpc) is 2.37. The van der Waals surface area contributed by atoms with Gasteiger partial charge in [-0.05, 0) is 11.6 Å². The van der Waals surface area contributed by atoms with E-state index >= 15 is 0 Å². The molecule has 1 aromatic carbocycles. The van der Waals surface area contributed by atoms with Gasteiger partial charge in [0.25, 0.3) is 0 Å². The lowest BCUT2D eigenvalue weighted by Gasteiger charge is -2.11. The minimum absolute atomic E-state index is 0.0363. The Kier molecular flexibility index (Phi) is 3.40. The zero-order valence-corrected chi connectivity index (χ0v) is 10.3. The first-order valence-electron chi connectivity index (χ1n) is 5.23. The van der Waals surface area contributed by atoms with E-state index in [2.05, 4.69) is 0 Å². The number of hydrogen-bond acceptors (Lipinski definition) is 2. The number of benzene rings is 1. The van der Waals surface area contributed by atoms with Crippen LogP contribution in [0.3, 0.4) is 0 Å². The van der Waals surface area contributed by atoms with Crippen LogP contribution in [-0.2, 0) is 6.18 Å². The molecule has 2 nitrogen and oxygen atoms in total. The van der Waals surface area contributed by atoms with Crippen LogP contribution in [0.2, 0.25) is 0 Å². The SMILES string of the molecule is N#Cc1c(-c2ccccc2)cc(C(F)(F)F)[nH]c1=S. The van der Waals surface area contributed by atoms with Gasteiger partial charge in [-0.1, -0.05) is 42.5 Å². The molecule has 0 radical (unpaired) electrons. The van der Waals surface area contributed by atoms with E-state index in [0.29, 0.717) is 5.56 Å². The number of nitrogens with one attached hydrogen (secondary N) is 1. The maximum absolute atomic E-state index is 12.7. The van der Waals surface area contributed by atoms with Crippen LogP contribution in [0.1, 0.15) is 11.3 Å². The Balaban J connectivity index is 2.76. The molecule has 0 saturated heterocycles. The quantitative estimate of drug-likeness (QED) is 0.791. The predicted octanol–water partition coefficient (Wildman–Crippen LogP) is 4.30. The maximum atomic E-state index is 12.7. The van der Waals surface area contributed by atoms with E-state index in [1.807, 2.05) is 11.1 Å². The van der Waals surface area contributed by atoms with Crippen molar-refractivity contribution in [3.63, 3.8) is 0 Å². The molecular formula is C13H7F3N2S. The molecular weight excluding hydrogens is 273 g/mol. The van der Waals surface area contributed by atoms with Gasteiger partial charge < -0.3 is 4.98 Å². The summed E-state index contributed by atoms with van der Waals surface area (Å²) in [6, 6.07) is 11.1. The van der Waals surface area contributed by atoms with Gasteiger partial charge in [-0.2, -0.15) is 18.4 Å². The highest BCUT2D eigenvalue weighted by Crippen LogP contribution is 2.32. The fraction of sp³-hybridized carbons (Fsp3) is 0.0769. The van der Waals surface area contributed by atoms with Crippen LogP contribution in [0.15, 0.2) is 36.4 Å². The van der Waals surface area contributed by atoms with Crippen molar-refractivity contribution in [3.05, 3.63) is 52.3 Å². The molecule has 0 spiro atoms. The summed E-state index contributed by atoms with van der Waals surface area (Å²) in [6.07, 6.45) is -4.54. The number of alkyl halides is 3. The van der Waals surface area contributed by atoms with Crippen molar-refractivity contribution in [2.75, 3.05) is 0 Å².